The molecule has 31 heavy (non-hydrogen) atoms. The molecule has 4 rings (SSSR count). The lowest BCUT2D eigenvalue weighted by molar-refractivity contribution is 0.0953. The molecule has 0 aliphatic carbocycles. The highest BCUT2D eigenvalue weighted by Crippen LogP contribution is 2.21. The topological polar surface area (TPSA) is 69.0 Å². The second-order valence-corrected chi connectivity index (χ2v) is 7.46. The number of hydrogen-bond donors (Lipinski definition) is 1. The summed E-state index contributed by atoms with van der Waals surface area (Å²) in [5, 5.41) is 2.96. The fraction of sp³-hybridized carbons (Fsp3) is 0.240. The normalized spacial score (nSPS) is 10.9. The van der Waals surface area contributed by atoms with Gasteiger partial charge < -0.3 is 14.6 Å². The van der Waals surface area contributed by atoms with Crippen LogP contribution in [0.3, 0.4) is 0 Å². The molecule has 2 heterocycles. The Hall–Kier alpha value is -3.67. The van der Waals surface area contributed by atoms with Gasteiger partial charge in [-0.2, -0.15) is 0 Å². The molecule has 0 atom stereocenters. The minimum atomic E-state index is -0.108. The Morgan fingerprint density at radius 2 is 1.84 bits per heavy atom. The van der Waals surface area contributed by atoms with Gasteiger partial charge in [0.25, 0.3) is 5.91 Å². The molecule has 4 aromatic rings. The van der Waals surface area contributed by atoms with Crippen LogP contribution in [0.1, 0.15) is 27.3 Å². The van der Waals surface area contributed by atoms with Crippen molar-refractivity contribution in [3.05, 3.63) is 89.5 Å². The molecule has 6 heteroatoms. The monoisotopic (exact) mass is 414 g/mol. The van der Waals surface area contributed by atoms with Crippen molar-refractivity contribution in [2.45, 2.75) is 26.8 Å². The summed E-state index contributed by atoms with van der Waals surface area (Å²) in [6.45, 7) is 5.89. The lowest BCUT2D eigenvalue weighted by atomic mass is 10.1. The maximum absolute atomic E-state index is 12.3. The summed E-state index contributed by atoms with van der Waals surface area (Å²) in [6.07, 6.45) is 3.86. The lowest BCUT2D eigenvalue weighted by Gasteiger charge is -2.13. The summed E-state index contributed by atoms with van der Waals surface area (Å²) in [4.78, 5) is 21.0. The second-order valence-electron chi connectivity index (χ2n) is 7.46. The average Bonchev–Trinajstić information content (AvgIpc) is 3.14. The zero-order valence-electron chi connectivity index (χ0n) is 17.8. The van der Waals surface area contributed by atoms with Crippen LogP contribution in [0.2, 0.25) is 0 Å². The minimum absolute atomic E-state index is 0.108. The van der Waals surface area contributed by atoms with Crippen molar-refractivity contribution in [1.29, 1.82) is 0 Å². The van der Waals surface area contributed by atoms with Crippen molar-refractivity contribution in [3.8, 4) is 5.75 Å². The van der Waals surface area contributed by atoms with Gasteiger partial charge in [0, 0.05) is 30.9 Å². The molecule has 0 aliphatic rings. The Morgan fingerprint density at radius 1 is 1.03 bits per heavy atom. The molecule has 2 aromatic carbocycles. The van der Waals surface area contributed by atoms with E-state index < -0.39 is 0 Å². The molecule has 0 radical (unpaired) electrons. The minimum Gasteiger partial charge on any atom is -0.491 e. The maximum Gasteiger partial charge on any atom is 0.251 e. The fourth-order valence-electron chi connectivity index (χ4n) is 3.59. The van der Waals surface area contributed by atoms with Crippen LogP contribution in [0.15, 0.2) is 67.0 Å². The van der Waals surface area contributed by atoms with E-state index in [0.717, 1.165) is 28.2 Å². The van der Waals surface area contributed by atoms with Crippen LogP contribution in [0.5, 0.6) is 5.75 Å². The maximum atomic E-state index is 12.3. The van der Waals surface area contributed by atoms with E-state index in [9.17, 15) is 4.79 Å². The largest absolute Gasteiger partial charge is 0.491 e. The van der Waals surface area contributed by atoms with Crippen molar-refractivity contribution >= 4 is 16.9 Å². The summed E-state index contributed by atoms with van der Waals surface area (Å²) in [7, 11) is 0. The lowest BCUT2D eigenvalue weighted by Crippen LogP contribution is -2.26. The predicted molar refractivity (Wildman–Crippen MR) is 121 cm³/mol. The molecule has 0 fully saturated rings. The molecule has 2 aromatic heterocycles. The van der Waals surface area contributed by atoms with E-state index in [1.54, 1.807) is 24.5 Å². The van der Waals surface area contributed by atoms with Crippen molar-refractivity contribution in [1.82, 2.24) is 19.9 Å². The number of imidazole rings is 1. The number of carbonyl (C=O) groups is 1. The van der Waals surface area contributed by atoms with Crippen molar-refractivity contribution < 1.29 is 9.53 Å². The number of para-hydroxylation sites is 2. The van der Waals surface area contributed by atoms with Gasteiger partial charge in [0.2, 0.25) is 0 Å². The van der Waals surface area contributed by atoms with E-state index in [-0.39, 0.29) is 5.91 Å². The van der Waals surface area contributed by atoms with E-state index in [1.807, 2.05) is 30.3 Å². The average molecular weight is 415 g/mol. The molecule has 1 N–H and O–H groups in total. The fourth-order valence-corrected chi connectivity index (χ4v) is 3.59. The van der Waals surface area contributed by atoms with Gasteiger partial charge in [-0.25, -0.2) is 4.98 Å². The molecular formula is C25H26N4O2. The molecule has 0 bridgehead atoms. The second kappa shape index (κ2) is 9.43. The Balaban J connectivity index is 1.44. The number of aromatic nitrogens is 3. The number of amides is 1. The summed E-state index contributed by atoms with van der Waals surface area (Å²) in [5.41, 5.74) is 5.01. The number of nitrogens with zero attached hydrogens (tertiary/aromatic N) is 3. The quantitative estimate of drug-likeness (QED) is 0.471. The number of ether oxygens (including phenoxy) is 1. The molecule has 0 spiro atoms. The summed E-state index contributed by atoms with van der Waals surface area (Å²) >= 11 is 0. The summed E-state index contributed by atoms with van der Waals surface area (Å²) in [5.74, 6) is 1.74. The summed E-state index contributed by atoms with van der Waals surface area (Å²) in [6, 6.07) is 17.6. The molecule has 0 unspecified atom stereocenters. The van der Waals surface area contributed by atoms with E-state index in [4.69, 9.17) is 9.72 Å². The van der Waals surface area contributed by atoms with Gasteiger partial charge in [0.1, 0.15) is 18.2 Å². The number of fused-ring (bicyclic) bond motifs is 1. The highest BCUT2D eigenvalue weighted by molar-refractivity contribution is 5.93. The first-order valence-corrected chi connectivity index (χ1v) is 10.4. The van der Waals surface area contributed by atoms with Crippen LogP contribution < -0.4 is 10.1 Å². The third-order valence-electron chi connectivity index (χ3n) is 5.44. The number of aryl methyl sites for hydroxylation is 1. The first-order valence-electron chi connectivity index (χ1n) is 10.4. The molecule has 0 saturated carbocycles. The molecule has 158 valence electrons. The van der Waals surface area contributed by atoms with Gasteiger partial charge in [0.15, 0.2) is 0 Å². The van der Waals surface area contributed by atoms with Gasteiger partial charge >= 0.3 is 0 Å². The van der Waals surface area contributed by atoms with Crippen molar-refractivity contribution in [2.75, 3.05) is 13.2 Å². The Labute approximate surface area is 181 Å². The van der Waals surface area contributed by atoms with Crippen molar-refractivity contribution in [3.63, 3.8) is 0 Å². The molecular weight excluding hydrogens is 388 g/mol. The van der Waals surface area contributed by atoms with Crippen LogP contribution in [0, 0.1) is 13.8 Å². The first kappa shape index (κ1) is 20.6. The molecule has 6 nitrogen and oxygen atoms in total. The Kier molecular flexibility index (Phi) is 6.26. The van der Waals surface area contributed by atoms with Crippen LogP contribution >= 0.6 is 0 Å². The highest BCUT2D eigenvalue weighted by atomic mass is 16.5. The number of hydrogen-bond acceptors (Lipinski definition) is 4. The third kappa shape index (κ3) is 4.74. The standard InChI is InChI=1S/C25H26N4O2/c1-18-6-5-9-23(19(18)2)31-17-16-29-22-8-4-3-7-21(22)28-24(29)12-15-27-25(30)20-10-13-26-14-11-20/h3-11,13-14H,12,15-17H2,1-2H3,(H,27,30). The van der Waals surface area contributed by atoms with Gasteiger partial charge in [-0.05, 0) is 55.3 Å². The van der Waals surface area contributed by atoms with Crippen LogP contribution in [-0.2, 0) is 13.0 Å². The Morgan fingerprint density at radius 3 is 2.68 bits per heavy atom. The van der Waals surface area contributed by atoms with E-state index in [0.29, 0.717) is 31.7 Å². The van der Waals surface area contributed by atoms with Crippen LogP contribution in [0.4, 0.5) is 0 Å². The molecule has 1 amide bonds. The van der Waals surface area contributed by atoms with Gasteiger partial charge in [-0.3, -0.25) is 9.78 Å². The first-order chi connectivity index (χ1) is 15.1. The smallest absolute Gasteiger partial charge is 0.251 e. The number of nitrogens with one attached hydrogen (secondary N) is 1. The van der Waals surface area contributed by atoms with Crippen molar-refractivity contribution in [2.24, 2.45) is 0 Å². The number of carbonyl (C=O) groups excluding carboxylic acids is 1. The third-order valence-corrected chi connectivity index (χ3v) is 5.44. The SMILES string of the molecule is Cc1cccc(OCCn2c(CCNC(=O)c3ccncc3)nc3ccccc32)c1C. The Bertz CT molecular complexity index is 1180. The van der Waals surface area contributed by atoms with E-state index >= 15 is 0 Å². The van der Waals surface area contributed by atoms with E-state index in [1.165, 1.54) is 5.56 Å². The van der Waals surface area contributed by atoms with Gasteiger partial charge in [-0.15, -0.1) is 0 Å². The number of pyridine rings is 1. The predicted octanol–water partition coefficient (Wildman–Crippen LogP) is 4.10. The molecule has 0 aliphatic heterocycles. The number of rotatable bonds is 8. The number of benzene rings is 2. The van der Waals surface area contributed by atoms with Gasteiger partial charge in [0.05, 0.1) is 17.6 Å². The van der Waals surface area contributed by atoms with E-state index in [2.05, 4.69) is 40.8 Å². The zero-order chi connectivity index (χ0) is 21.6. The van der Waals surface area contributed by atoms with Gasteiger partial charge in [-0.1, -0.05) is 24.3 Å². The zero-order valence-corrected chi connectivity index (χ0v) is 17.8. The summed E-state index contributed by atoms with van der Waals surface area (Å²) < 4.78 is 8.25. The highest BCUT2D eigenvalue weighted by Gasteiger charge is 2.12. The van der Waals surface area contributed by atoms with Crippen LogP contribution in [-0.4, -0.2) is 33.6 Å². The molecule has 0 saturated heterocycles. The van der Waals surface area contributed by atoms with Crippen LogP contribution in [0.25, 0.3) is 11.0 Å².